The summed E-state index contributed by atoms with van der Waals surface area (Å²) in [6, 6.07) is 0.628. The molecular weight excluding hydrogens is 312 g/mol. The van der Waals surface area contributed by atoms with Crippen LogP contribution in [0.4, 0.5) is 0 Å². The van der Waals surface area contributed by atoms with Crippen molar-refractivity contribution in [1.82, 2.24) is 9.62 Å². The first-order chi connectivity index (χ1) is 9.65. The summed E-state index contributed by atoms with van der Waals surface area (Å²) in [4.78, 5) is 0. The Bertz CT molecular complexity index is 412. The average Bonchev–Trinajstić information content (AvgIpc) is 3.11. The van der Waals surface area contributed by atoms with Crippen LogP contribution in [0.5, 0.6) is 0 Å². The Morgan fingerprint density at radius 1 is 1.14 bits per heavy atom. The van der Waals surface area contributed by atoms with Gasteiger partial charge in [-0.05, 0) is 50.5 Å². The van der Waals surface area contributed by atoms with Crippen LogP contribution in [0, 0.1) is 11.8 Å². The summed E-state index contributed by atoms with van der Waals surface area (Å²) in [5.41, 5.74) is 0. The van der Waals surface area contributed by atoms with E-state index in [0.717, 1.165) is 32.4 Å². The molecule has 2 atom stereocenters. The van der Waals surface area contributed by atoms with Crippen molar-refractivity contribution in [3.63, 3.8) is 0 Å². The van der Waals surface area contributed by atoms with Gasteiger partial charge in [-0.1, -0.05) is 0 Å². The molecular formula is C14H27ClN2O3S. The zero-order chi connectivity index (χ0) is 14.0. The van der Waals surface area contributed by atoms with E-state index in [1.54, 1.807) is 4.31 Å². The van der Waals surface area contributed by atoms with Gasteiger partial charge in [0.25, 0.3) is 0 Å². The van der Waals surface area contributed by atoms with Gasteiger partial charge in [-0.25, -0.2) is 12.7 Å². The van der Waals surface area contributed by atoms with Gasteiger partial charge in [0.1, 0.15) is 0 Å². The maximum atomic E-state index is 12.4. The van der Waals surface area contributed by atoms with Crippen molar-refractivity contribution in [2.24, 2.45) is 11.8 Å². The standard InChI is InChI=1S/C14H26N2O3S.ClH/c17-20(18,11-12-5-9-19-10-12)16-7-3-13(4-8-16)14-2-1-6-15-14;/h12-15H,1-11H2;1H. The van der Waals surface area contributed by atoms with Crippen LogP contribution in [-0.4, -0.2) is 57.4 Å². The van der Waals surface area contributed by atoms with Crippen molar-refractivity contribution >= 4 is 22.4 Å². The Labute approximate surface area is 134 Å². The van der Waals surface area contributed by atoms with Crippen LogP contribution < -0.4 is 5.32 Å². The summed E-state index contributed by atoms with van der Waals surface area (Å²) in [5, 5.41) is 3.55. The van der Waals surface area contributed by atoms with Gasteiger partial charge in [0.15, 0.2) is 0 Å². The first-order valence-electron chi connectivity index (χ1n) is 7.94. The minimum Gasteiger partial charge on any atom is -0.381 e. The van der Waals surface area contributed by atoms with E-state index in [4.69, 9.17) is 4.74 Å². The number of nitrogens with one attached hydrogen (secondary N) is 1. The predicted octanol–water partition coefficient (Wildman–Crippen LogP) is 1.24. The predicted molar refractivity (Wildman–Crippen MR) is 85.3 cm³/mol. The summed E-state index contributed by atoms with van der Waals surface area (Å²) in [5.74, 6) is 1.15. The van der Waals surface area contributed by atoms with Gasteiger partial charge in [-0.2, -0.15) is 0 Å². The quantitative estimate of drug-likeness (QED) is 0.838. The minimum atomic E-state index is -3.08. The zero-order valence-electron chi connectivity index (χ0n) is 12.5. The molecule has 0 aromatic carbocycles. The molecule has 3 rings (SSSR count). The van der Waals surface area contributed by atoms with Crippen molar-refractivity contribution in [3.05, 3.63) is 0 Å². The molecule has 5 nitrogen and oxygen atoms in total. The Morgan fingerprint density at radius 3 is 2.48 bits per heavy atom. The lowest BCUT2D eigenvalue weighted by atomic mass is 9.89. The topological polar surface area (TPSA) is 58.6 Å². The maximum absolute atomic E-state index is 12.4. The summed E-state index contributed by atoms with van der Waals surface area (Å²) >= 11 is 0. The second kappa shape index (κ2) is 7.59. The van der Waals surface area contributed by atoms with Crippen LogP contribution in [0.2, 0.25) is 0 Å². The van der Waals surface area contributed by atoms with Crippen LogP contribution in [0.1, 0.15) is 32.1 Å². The van der Waals surface area contributed by atoms with E-state index in [2.05, 4.69) is 5.32 Å². The van der Waals surface area contributed by atoms with Crippen LogP contribution in [-0.2, 0) is 14.8 Å². The van der Waals surface area contributed by atoms with Gasteiger partial charge >= 0.3 is 0 Å². The van der Waals surface area contributed by atoms with E-state index < -0.39 is 10.0 Å². The van der Waals surface area contributed by atoms with E-state index in [0.29, 0.717) is 31.7 Å². The van der Waals surface area contributed by atoms with Crippen molar-refractivity contribution in [2.45, 2.75) is 38.1 Å². The lowest BCUT2D eigenvalue weighted by molar-refractivity contribution is 0.188. The highest BCUT2D eigenvalue weighted by Gasteiger charge is 2.34. The minimum absolute atomic E-state index is 0. The first-order valence-corrected chi connectivity index (χ1v) is 9.55. The Kier molecular flexibility index (Phi) is 6.32. The van der Waals surface area contributed by atoms with E-state index >= 15 is 0 Å². The molecule has 3 saturated heterocycles. The second-order valence-corrected chi connectivity index (χ2v) is 8.46. The van der Waals surface area contributed by atoms with Gasteiger partial charge in [-0.3, -0.25) is 0 Å². The molecule has 3 fully saturated rings. The molecule has 2 unspecified atom stereocenters. The lowest BCUT2D eigenvalue weighted by Gasteiger charge is -2.34. The Balaban J connectivity index is 0.00000161. The molecule has 0 bridgehead atoms. The molecule has 3 aliphatic rings. The van der Waals surface area contributed by atoms with Gasteiger partial charge in [0.2, 0.25) is 10.0 Å². The van der Waals surface area contributed by atoms with E-state index in [9.17, 15) is 8.42 Å². The van der Waals surface area contributed by atoms with Crippen LogP contribution in [0.15, 0.2) is 0 Å². The largest absolute Gasteiger partial charge is 0.381 e. The lowest BCUT2D eigenvalue weighted by Crippen LogP contribution is -2.44. The molecule has 124 valence electrons. The van der Waals surface area contributed by atoms with E-state index in [1.165, 1.54) is 12.8 Å². The number of piperidine rings is 1. The summed E-state index contributed by atoms with van der Waals surface area (Å²) in [7, 11) is -3.08. The van der Waals surface area contributed by atoms with Crippen LogP contribution in [0.25, 0.3) is 0 Å². The molecule has 0 aromatic heterocycles. The molecule has 21 heavy (non-hydrogen) atoms. The normalized spacial score (nSPS) is 32.2. The maximum Gasteiger partial charge on any atom is 0.214 e. The fourth-order valence-corrected chi connectivity index (χ4v) is 5.62. The van der Waals surface area contributed by atoms with E-state index in [-0.39, 0.29) is 24.1 Å². The van der Waals surface area contributed by atoms with Crippen molar-refractivity contribution < 1.29 is 13.2 Å². The number of hydrogen-bond acceptors (Lipinski definition) is 4. The molecule has 0 amide bonds. The molecule has 3 aliphatic heterocycles. The number of sulfonamides is 1. The van der Waals surface area contributed by atoms with E-state index in [1.807, 2.05) is 0 Å². The molecule has 0 aromatic rings. The molecule has 3 heterocycles. The Morgan fingerprint density at radius 2 is 1.90 bits per heavy atom. The first kappa shape index (κ1) is 17.5. The van der Waals surface area contributed by atoms with Crippen molar-refractivity contribution in [3.8, 4) is 0 Å². The smallest absolute Gasteiger partial charge is 0.214 e. The molecule has 1 N–H and O–H groups in total. The summed E-state index contributed by atoms with van der Waals surface area (Å²) < 4.78 is 31.9. The van der Waals surface area contributed by atoms with Gasteiger partial charge < -0.3 is 10.1 Å². The number of halogens is 1. The number of hydrogen-bond donors (Lipinski definition) is 1. The van der Waals surface area contributed by atoms with Crippen LogP contribution in [0.3, 0.4) is 0 Å². The number of nitrogens with zero attached hydrogens (tertiary/aromatic N) is 1. The zero-order valence-corrected chi connectivity index (χ0v) is 14.1. The summed E-state index contributed by atoms with van der Waals surface area (Å²) in [6.07, 6.45) is 5.44. The molecule has 7 heteroatoms. The average molecular weight is 339 g/mol. The van der Waals surface area contributed by atoms with Crippen molar-refractivity contribution in [2.75, 3.05) is 38.6 Å². The van der Waals surface area contributed by atoms with Gasteiger partial charge in [0.05, 0.1) is 12.4 Å². The van der Waals surface area contributed by atoms with Gasteiger partial charge in [-0.15, -0.1) is 12.4 Å². The SMILES string of the molecule is Cl.O=S(=O)(CC1CCOC1)N1CCC(C2CCCN2)CC1. The van der Waals surface area contributed by atoms with Crippen molar-refractivity contribution in [1.29, 1.82) is 0 Å². The van der Waals surface area contributed by atoms with Crippen LogP contribution >= 0.6 is 12.4 Å². The third kappa shape index (κ3) is 4.32. The number of rotatable bonds is 4. The third-order valence-corrected chi connectivity index (χ3v) is 7.07. The monoisotopic (exact) mass is 338 g/mol. The summed E-state index contributed by atoms with van der Waals surface area (Å²) in [6.45, 7) is 3.87. The second-order valence-electron chi connectivity index (χ2n) is 6.45. The highest BCUT2D eigenvalue weighted by molar-refractivity contribution is 7.89. The fourth-order valence-electron chi connectivity index (χ4n) is 3.79. The molecule has 0 spiro atoms. The third-order valence-electron chi connectivity index (χ3n) is 5.03. The fraction of sp³-hybridized carbons (Fsp3) is 1.00. The molecule has 0 saturated carbocycles. The number of ether oxygens (including phenoxy) is 1. The Hall–Kier alpha value is 0.120. The van der Waals surface area contributed by atoms with Gasteiger partial charge in [0, 0.05) is 25.7 Å². The molecule has 0 radical (unpaired) electrons. The molecule has 0 aliphatic carbocycles. The highest BCUT2D eigenvalue weighted by Crippen LogP contribution is 2.27. The highest BCUT2D eigenvalue weighted by atomic mass is 35.5.